The second-order valence-electron chi connectivity index (χ2n) is 6.81. The van der Waals surface area contributed by atoms with E-state index in [2.05, 4.69) is 25.8 Å². The molecule has 0 atom stereocenters. The van der Waals surface area contributed by atoms with Crippen LogP contribution in [0.3, 0.4) is 0 Å². The van der Waals surface area contributed by atoms with E-state index in [-0.39, 0.29) is 17.7 Å². The van der Waals surface area contributed by atoms with Crippen LogP contribution >= 0.6 is 0 Å². The molecule has 0 aromatic carbocycles. The van der Waals surface area contributed by atoms with Crippen LogP contribution in [0, 0.1) is 12.8 Å². The van der Waals surface area contributed by atoms with Crippen LogP contribution < -0.4 is 10.6 Å². The first-order chi connectivity index (χ1) is 13.0. The molecule has 0 bridgehead atoms. The smallest absolute Gasteiger partial charge is 0.227 e. The van der Waals surface area contributed by atoms with Crippen LogP contribution in [0.4, 0.5) is 11.5 Å². The van der Waals surface area contributed by atoms with Gasteiger partial charge in [-0.2, -0.15) is 5.10 Å². The van der Waals surface area contributed by atoms with Crippen LogP contribution in [-0.4, -0.2) is 51.3 Å². The maximum atomic E-state index is 12.4. The van der Waals surface area contributed by atoms with Crippen LogP contribution in [0.2, 0.25) is 0 Å². The van der Waals surface area contributed by atoms with E-state index in [1.807, 2.05) is 13.1 Å². The number of nitrogens with one attached hydrogen (secondary N) is 2. The summed E-state index contributed by atoms with van der Waals surface area (Å²) in [5.74, 6) is 1.06. The third kappa shape index (κ3) is 5.40. The van der Waals surface area contributed by atoms with Gasteiger partial charge in [-0.3, -0.25) is 14.3 Å². The normalized spacial score (nSPS) is 15.6. The van der Waals surface area contributed by atoms with Crippen LogP contribution in [0.15, 0.2) is 23.0 Å². The molecule has 1 aliphatic rings. The SMILES string of the molecule is CCn1cc(NC(=O)C2CCN(CCC(=O)Nc3cc(C)on3)CC2)cn1. The highest BCUT2D eigenvalue weighted by Crippen LogP contribution is 2.19. The summed E-state index contributed by atoms with van der Waals surface area (Å²) < 4.78 is 6.71. The Labute approximate surface area is 158 Å². The largest absolute Gasteiger partial charge is 0.360 e. The Kier molecular flexibility index (Phi) is 6.23. The Morgan fingerprint density at radius 3 is 2.70 bits per heavy atom. The predicted octanol–water partition coefficient (Wildman–Crippen LogP) is 1.88. The number of piperidine rings is 1. The molecule has 2 amide bonds. The van der Waals surface area contributed by atoms with Crippen molar-refractivity contribution in [2.75, 3.05) is 30.3 Å². The molecule has 0 radical (unpaired) electrons. The van der Waals surface area contributed by atoms with Gasteiger partial charge in [0.1, 0.15) is 5.76 Å². The van der Waals surface area contributed by atoms with Gasteiger partial charge in [0.25, 0.3) is 0 Å². The number of nitrogens with zero attached hydrogens (tertiary/aromatic N) is 4. The van der Waals surface area contributed by atoms with Gasteiger partial charge in [0.15, 0.2) is 5.82 Å². The molecule has 3 rings (SSSR count). The molecule has 3 heterocycles. The average molecular weight is 374 g/mol. The summed E-state index contributed by atoms with van der Waals surface area (Å²) in [5.41, 5.74) is 0.740. The molecule has 1 fully saturated rings. The Hall–Kier alpha value is -2.68. The van der Waals surface area contributed by atoms with Crippen LogP contribution in [0.25, 0.3) is 0 Å². The summed E-state index contributed by atoms with van der Waals surface area (Å²) in [6, 6.07) is 1.69. The number of hydrogen-bond acceptors (Lipinski definition) is 6. The second-order valence-corrected chi connectivity index (χ2v) is 6.81. The first-order valence-electron chi connectivity index (χ1n) is 9.32. The molecule has 2 N–H and O–H groups in total. The van der Waals surface area contributed by atoms with E-state index >= 15 is 0 Å². The van der Waals surface area contributed by atoms with Crippen molar-refractivity contribution in [3.8, 4) is 0 Å². The molecule has 0 spiro atoms. The summed E-state index contributed by atoms with van der Waals surface area (Å²) in [7, 11) is 0. The number of likely N-dealkylation sites (tertiary alicyclic amines) is 1. The first kappa shape index (κ1) is 19.1. The van der Waals surface area contributed by atoms with Crippen molar-refractivity contribution in [1.29, 1.82) is 0 Å². The predicted molar refractivity (Wildman–Crippen MR) is 100 cm³/mol. The van der Waals surface area contributed by atoms with E-state index in [1.165, 1.54) is 0 Å². The molecule has 1 aliphatic heterocycles. The van der Waals surface area contributed by atoms with E-state index < -0.39 is 0 Å². The highest BCUT2D eigenvalue weighted by Gasteiger charge is 2.25. The first-order valence-corrected chi connectivity index (χ1v) is 9.32. The van der Waals surface area contributed by atoms with Gasteiger partial charge in [0.05, 0.1) is 11.9 Å². The molecule has 0 aliphatic carbocycles. The van der Waals surface area contributed by atoms with Crippen molar-refractivity contribution < 1.29 is 14.1 Å². The van der Waals surface area contributed by atoms with Gasteiger partial charge in [-0.15, -0.1) is 0 Å². The van der Waals surface area contributed by atoms with Crippen molar-refractivity contribution >= 4 is 23.3 Å². The zero-order valence-electron chi connectivity index (χ0n) is 15.8. The van der Waals surface area contributed by atoms with Crippen molar-refractivity contribution in [2.45, 2.75) is 39.7 Å². The van der Waals surface area contributed by atoms with Gasteiger partial charge in [0, 0.05) is 37.7 Å². The fourth-order valence-corrected chi connectivity index (χ4v) is 3.15. The van der Waals surface area contributed by atoms with Gasteiger partial charge >= 0.3 is 0 Å². The molecule has 27 heavy (non-hydrogen) atoms. The fraction of sp³-hybridized carbons (Fsp3) is 0.556. The third-order valence-corrected chi connectivity index (χ3v) is 4.73. The summed E-state index contributed by atoms with van der Waals surface area (Å²) in [5, 5.41) is 13.6. The number of carbonyl (C=O) groups is 2. The standard InChI is InChI=1S/C18H26N6O3/c1-3-24-12-15(11-19-24)20-18(26)14-4-7-23(8-5-14)9-6-17(25)21-16-10-13(2)27-22-16/h10-12,14H,3-9H2,1-2H3,(H,20,26)(H,21,22,25). The van der Waals surface area contributed by atoms with Gasteiger partial charge in [-0.05, 0) is 39.8 Å². The molecule has 2 aromatic heterocycles. The summed E-state index contributed by atoms with van der Waals surface area (Å²) in [6.45, 7) is 6.84. The third-order valence-electron chi connectivity index (χ3n) is 4.73. The number of aryl methyl sites for hydroxylation is 2. The zero-order chi connectivity index (χ0) is 19.2. The number of aromatic nitrogens is 3. The average Bonchev–Trinajstić information content (AvgIpc) is 3.29. The van der Waals surface area contributed by atoms with Crippen molar-refractivity contribution in [3.05, 3.63) is 24.2 Å². The molecule has 0 saturated carbocycles. The Morgan fingerprint density at radius 1 is 1.30 bits per heavy atom. The Bertz CT molecular complexity index is 776. The zero-order valence-corrected chi connectivity index (χ0v) is 15.8. The van der Waals surface area contributed by atoms with E-state index in [1.54, 1.807) is 23.9 Å². The van der Waals surface area contributed by atoms with Crippen molar-refractivity contribution in [3.63, 3.8) is 0 Å². The van der Waals surface area contributed by atoms with Gasteiger partial charge in [-0.25, -0.2) is 0 Å². The molecule has 2 aromatic rings. The van der Waals surface area contributed by atoms with Crippen LogP contribution in [-0.2, 0) is 16.1 Å². The number of amides is 2. The van der Waals surface area contributed by atoms with E-state index in [4.69, 9.17) is 4.52 Å². The number of rotatable bonds is 7. The minimum absolute atomic E-state index is 0.00171. The van der Waals surface area contributed by atoms with Gasteiger partial charge < -0.3 is 20.1 Å². The van der Waals surface area contributed by atoms with E-state index in [0.717, 1.165) is 38.2 Å². The topological polar surface area (TPSA) is 105 Å². The Balaban J connectivity index is 1.36. The molecule has 9 heteroatoms. The molecule has 9 nitrogen and oxygen atoms in total. The maximum Gasteiger partial charge on any atom is 0.227 e. The van der Waals surface area contributed by atoms with Crippen molar-refractivity contribution in [2.24, 2.45) is 5.92 Å². The highest BCUT2D eigenvalue weighted by atomic mass is 16.5. The summed E-state index contributed by atoms with van der Waals surface area (Å²) in [4.78, 5) is 26.6. The minimum Gasteiger partial charge on any atom is -0.360 e. The molecular formula is C18H26N6O3. The lowest BCUT2D eigenvalue weighted by atomic mass is 9.95. The van der Waals surface area contributed by atoms with E-state index in [0.29, 0.717) is 24.5 Å². The fourth-order valence-electron chi connectivity index (χ4n) is 3.15. The summed E-state index contributed by atoms with van der Waals surface area (Å²) in [6.07, 6.45) is 5.47. The molecular weight excluding hydrogens is 348 g/mol. The maximum absolute atomic E-state index is 12.4. The minimum atomic E-state index is -0.0869. The monoisotopic (exact) mass is 374 g/mol. The molecule has 0 unspecified atom stereocenters. The van der Waals surface area contributed by atoms with E-state index in [9.17, 15) is 9.59 Å². The molecule has 146 valence electrons. The molecule has 1 saturated heterocycles. The highest BCUT2D eigenvalue weighted by molar-refractivity contribution is 5.92. The van der Waals surface area contributed by atoms with Gasteiger partial charge in [-0.1, -0.05) is 5.16 Å². The lowest BCUT2D eigenvalue weighted by Crippen LogP contribution is -2.39. The Morgan fingerprint density at radius 2 is 2.07 bits per heavy atom. The van der Waals surface area contributed by atoms with Crippen LogP contribution in [0.5, 0.6) is 0 Å². The quantitative estimate of drug-likeness (QED) is 0.767. The van der Waals surface area contributed by atoms with Crippen LogP contribution in [0.1, 0.15) is 31.9 Å². The summed E-state index contributed by atoms with van der Waals surface area (Å²) >= 11 is 0. The number of hydrogen-bond donors (Lipinski definition) is 2. The lowest BCUT2D eigenvalue weighted by Gasteiger charge is -2.30. The van der Waals surface area contributed by atoms with Gasteiger partial charge in [0.2, 0.25) is 11.8 Å². The second kappa shape index (κ2) is 8.81. The lowest BCUT2D eigenvalue weighted by molar-refractivity contribution is -0.121. The van der Waals surface area contributed by atoms with Crippen molar-refractivity contribution in [1.82, 2.24) is 19.8 Å². The number of anilines is 2. The number of carbonyl (C=O) groups excluding carboxylic acids is 2.